The molecule has 0 radical (unpaired) electrons. The molecule has 0 aromatic heterocycles. The molecule has 0 saturated heterocycles. The van der Waals surface area contributed by atoms with Gasteiger partial charge in [0, 0.05) is 6.42 Å². The molecule has 2 atom stereocenters. The van der Waals surface area contributed by atoms with Crippen molar-refractivity contribution in [3.8, 4) is 0 Å². The largest absolute Gasteiger partial charge is 0.401 e. The average molecular weight is 339 g/mol. The first-order valence-electron chi connectivity index (χ1n) is 8.59. The van der Waals surface area contributed by atoms with Gasteiger partial charge >= 0.3 is 0 Å². The van der Waals surface area contributed by atoms with Gasteiger partial charge in [-0.25, -0.2) is 0 Å². The monoisotopic (exact) mass is 338 g/mol. The Morgan fingerprint density at radius 2 is 1.38 bits per heavy atom. The van der Waals surface area contributed by atoms with Crippen molar-refractivity contribution in [3.05, 3.63) is 72.8 Å². The van der Waals surface area contributed by atoms with E-state index in [1.54, 1.807) is 0 Å². The van der Waals surface area contributed by atoms with Crippen molar-refractivity contribution in [2.75, 3.05) is 0 Å². The maximum Gasteiger partial charge on any atom is 0.261 e. The van der Waals surface area contributed by atoms with Gasteiger partial charge in [-0.05, 0) is 15.4 Å². The number of hydrogen-bond donors (Lipinski definition) is 1. The maximum absolute atomic E-state index is 9.89. The van der Waals surface area contributed by atoms with E-state index in [1.807, 2.05) is 12.2 Å². The van der Waals surface area contributed by atoms with E-state index in [-0.39, 0.29) is 11.1 Å². The van der Waals surface area contributed by atoms with E-state index in [4.69, 9.17) is 4.43 Å². The Hall–Kier alpha value is -1.68. The highest BCUT2D eigenvalue weighted by atomic mass is 28.4. The molecule has 2 nitrogen and oxygen atoms in total. The minimum absolute atomic E-state index is 0.0307. The lowest BCUT2D eigenvalue weighted by Crippen LogP contribution is -2.67. The van der Waals surface area contributed by atoms with Crippen LogP contribution in [0.5, 0.6) is 0 Å². The molecule has 0 heterocycles. The highest BCUT2D eigenvalue weighted by Crippen LogP contribution is 2.38. The summed E-state index contributed by atoms with van der Waals surface area (Å²) in [5.74, 6) is 0. The molecule has 3 heteroatoms. The van der Waals surface area contributed by atoms with Gasteiger partial charge in [-0.15, -0.1) is 0 Å². The normalized spacial score (nSPS) is 21.2. The lowest BCUT2D eigenvalue weighted by Gasteiger charge is -2.44. The van der Waals surface area contributed by atoms with E-state index in [9.17, 15) is 5.11 Å². The first-order valence-corrected chi connectivity index (χ1v) is 10.5. The fourth-order valence-electron chi connectivity index (χ4n) is 3.65. The summed E-state index contributed by atoms with van der Waals surface area (Å²) in [6.07, 6.45) is 4.08. The van der Waals surface area contributed by atoms with Crippen LogP contribution in [0.4, 0.5) is 0 Å². The first kappa shape index (κ1) is 17.2. The van der Waals surface area contributed by atoms with Gasteiger partial charge in [0.25, 0.3) is 8.32 Å². The summed E-state index contributed by atoms with van der Waals surface area (Å²) in [6, 6.07) is 21.2. The van der Waals surface area contributed by atoms with Crippen molar-refractivity contribution in [2.24, 2.45) is 0 Å². The van der Waals surface area contributed by atoms with Crippen LogP contribution < -0.4 is 10.4 Å². The van der Waals surface area contributed by atoms with Crippen LogP contribution in [0.1, 0.15) is 27.2 Å². The minimum atomic E-state index is -2.51. The van der Waals surface area contributed by atoms with Crippen molar-refractivity contribution in [3.63, 3.8) is 0 Å². The Morgan fingerprint density at radius 1 is 0.875 bits per heavy atom. The Labute approximate surface area is 145 Å². The summed E-state index contributed by atoms with van der Waals surface area (Å²) in [5, 5.41) is 12.4. The quantitative estimate of drug-likeness (QED) is 0.685. The number of benzene rings is 2. The standard InChI is InChI=1S/C21H26O2Si/c1-21(2,3)24(19-10-6-4-7-11-19,20-12-8-5-9-13-20)23-18-15-14-17(22)16-18/h4-15,17-18,22H,16H2,1-3H3/t17-,18+/m0/s1. The molecule has 0 bridgehead atoms. The second-order valence-corrected chi connectivity index (χ2v) is 11.8. The Balaban J connectivity index is 2.16. The predicted molar refractivity (Wildman–Crippen MR) is 102 cm³/mol. The van der Waals surface area contributed by atoms with Crippen molar-refractivity contribution in [2.45, 2.75) is 44.4 Å². The van der Waals surface area contributed by atoms with E-state index in [1.165, 1.54) is 10.4 Å². The fourth-order valence-corrected chi connectivity index (χ4v) is 8.30. The molecule has 1 aliphatic carbocycles. The summed E-state index contributed by atoms with van der Waals surface area (Å²) < 4.78 is 6.90. The third-order valence-electron chi connectivity index (χ3n) is 4.77. The Bertz CT molecular complexity index is 649. The molecule has 2 aromatic rings. The van der Waals surface area contributed by atoms with Gasteiger partial charge in [0.2, 0.25) is 0 Å². The molecule has 24 heavy (non-hydrogen) atoms. The number of rotatable bonds is 4. The first-order chi connectivity index (χ1) is 11.4. The van der Waals surface area contributed by atoms with Crippen molar-refractivity contribution >= 4 is 18.7 Å². The van der Waals surface area contributed by atoms with Crippen LogP contribution in [0.2, 0.25) is 5.04 Å². The molecule has 1 N–H and O–H groups in total. The molecule has 0 aliphatic heterocycles. The number of aliphatic hydroxyl groups is 1. The van der Waals surface area contributed by atoms with Gasteiger partial charge in [-0.3, -0.25) is 0 Å². The summed E-state index contributed by atoms with van der Waals surface area (Å²) in [4.78, 5) is 0. The van der Waals surface area contributed by atoms with Crippen LogP contribution in [0.3, 0.4) is 0 Å². The zero-order chi connectivity index (χ0) is 17.2. The smallest absolute Gasteiger partial charge is 0.261 e. The van der Waals surface area contributed by atoms with Crippen LogP contribution in [-0.4, -0.2) is 25.6 Å². The van der Waals surface area contributed by atoms with Crippen molar-refractivity contribution in [1.29, 1.82) is 0 Å². The molecule has 0 amide bonds. The molecule has 126 valence electrons. The molecular weight excluding hydrogens is 312 g/mol. The molecular formula is C21H26O2Si. The van der Waals surface area contributed by atoms with E-state index in [0.717, 1.165) is 0 Å². The average Bonchev–Trinajstić information content (AvgIpc) is 2.98. The SMILES string of the molecule is CC(C)(C)[Si](O[C@@H]1C=C[C@H](O)C1)(c1ccccc1)c1ccccc1. The Morgan fingerprint density at radius 3 is 1.75 bits per heavy atom. The summed E-state index contributed by atoms with van der Waals surface area (Å²) >= 11 is 0. The van der Waals surface area contributed by atoms with E-state index >= 15 is 0 Å². The number of hydrogen-bond acceptors (Lipinski definition) is 2. The molecule has 0 unspecified atom stereocenters. The fraction of sp³-hybridized carbons (Fsp3) is 0.333. The second-order valence-electron chi connectivity index (χ2n) is 7.51. The predicted octanol–water partition coefficient (Wildman–Crippen LogP) is 3.25. The van der Waals surface area contributed by atoms with E-state index in [2.05, 4.69) is 81.4 Å². The molecule has 0 spiro atoms. The van der Waals surface area contributed by atoms with Gasteiger partial charge in [0.15, 0.2) is 0 Å². The van der Waals surface area contributed by atoms with E-state index in [0.29, 0.717) is 6.42 Å². The van der Waals surface area contributed by atoms with Crippen LogP contribution in [0.25, 0.3) is 0 Å². The van der Waals surface area contributed by atoms with E-state index < -0.39 is 14.4 Å². The minimum Gasteiger partial charge on any atom is -0.401 e. The van der Waals surface area contributed by atoms with Gasteiger partial charge in [-0.1, -0.05) is 93.6 Å². The third kappa shape index (κ3) is 3.12. The molecule has 0 saturated carbocycles. The molecule has 0 fully saturated rings. The topological polar surface area (TPSA) is 29.5 Å². The van der Waals surface area contributed by atoms with Crippen LogP contribution in [-0.2, 0) is 4.43 Å². The zero-order valence-electron chi connectivity index (χ0n) is 14.6. The lowest BCUT2D eigenvalue weighted by molar-refractivity contribution is 0.158. The van der Waals surface area contributed by atoms with Gasteiger partial charge in [0.05, 0.1) is 12.2 Å². The summed E-state index contributed by atoms with van der Waals surface area (Å²) in [5.41, 5.74) is 0. The highest BCUT2D eigenvalue weighted by molar-refractivity contribution is 6.99. The molecule has 1 aliphatic rings. The maximum atomic E-state index is 9.89. The van der Waals surface area contributed by atoms with Gasteiger partial charge in [0.1, 0.15) is 0 Å². The molecule has 3 rings (SSSR count). The third-order valence-corrected chi connectivity index (χ3v) is 9.83. The summed E-state index contributed by atoms with van der Waals surface area (Å²) in [7, 11) is -2.51. The van der Waals surface area contributed by atoms with Crippen molar-refractivity contribution < 1.29 is 9.53 Å². The lowest BCUT2D eigenvalue weighted by atomic mass is 10.2. The van der Waals surface area contributed by atoms with Crippen LogP contribution in [0.15, 0.2) is 72.8 Å². The second kappa shape index (κ2) is 6.67. The zero-order valence-corrected chi connectivity index (χ0v) is 15.6. The summed E-state index contributed by atoms with van der Waals surface area (Å²) in [6.45, 7) is 6.82. The Kier molecular flexibility index (Phi) is 4.77. The van der Waals surface area contributed by atoms with Crippen molar-refractivity contribution in [1.82, 2.24) is 0 Å². The highest BCUT2D eigenvalue weighted by Gasteiger charge is 2.51. The van der Waals surface area contributed by atoms with Crippen LogP contribution in [0, 0.1) is 0 Å². The number of aliphatic hydroxyl groups excluding tert-OH is 1. The van der Waals surface area contributed by atoms with Gasteiger partial charge < -0.3 is 9.53 Å². The van der Waals surface area contributed by atoms with Crippen LogP contribution >= 0.6 is 0 Å². The molecule has 2 aromatic carbocycles. The van der Waals surface area contributed by atoms with Gasteiger partial charge in [-0.2, -0.15) is 0 Å².